The van der Waals surface area contributed by atoms with Gasteiger partial charge in [-0.2, -0.15) is 0 Å². The number of rotatable bonds is 4. The van der Waals surface area contributed by atoms with Gasteiger partial charge in [-0.1, -0.05) is 6.07 Å². The summed E-state index contributed by atoms with van der Waals surface area (Å²) in [6.45, 7) is 2.04. The molecule has 0 bridgehead atoms. The van der Waals surface area contributed by atoms with Crippen LogP contribution in [0.25, 0.3) is 0 Å². The summed E-state index contributed by atoms with van der Waals surface area (Å²) in [5.74, 6) is -1.03. The van der Waals surface area contributed by atoms with E-state index >= 15 is 0 Å². The molecule has 20 heavy (non-hydrogen) atoms. The maximum atomic E-state index is 13.1. The SMILES string of the molecule is CNC(C)c1ccc(Oc2ccc(F)c(F)c2)c(Br)c1. The molecule has 0 aliphatic heterocycles. The monoisotopic (exact) mass is 341 g/mol. The van der Waals surface area contributed by atoms with Crippen LogP contribution >= 0.6 is 15.9 Å². The van der Waals surface area contributed by atoms with E-state index in [9.17, 15) is 8.78 Å². The van der Waals surface area contributed by atoms with Gasteiger partial charge in [-0.25, -0.2) is 8.78 Å². The highest BCUT2D eigenvalue weighted by Gasteiger charge is 2.09. The van der Waals surface area contributed by atoms with Gasteiger partial charge in [0.25, 0.3) is 0 Å². The number of ether oxygens (including phenoxy) is 1. The molecule has 2 aromatic carbocycles. The van der Waals surface area contributed by atoms with Gasteiger partial charge >= 0.3 is 0 Å². The van der Waals surface area contributed by atoms with Crippen LogP contribution in [0.4, 0.5) is 8.78 Å². The smallest absolute Gasteiger partial charge is 0.162 e. The van der Waals surface area contributed by atoms with Crippen LogP contribution in [-0.4, -0.2) is 7.05 Å². The van der Waals surface area contributed by atoms with Gasteiger partial charge in [0, 0.05) is 12.1 Å². The third kappa shape index (κ3) is 3.35. The number of hydrogen-bond acceptors (Lipinski definition) is 2. The Morgan fingerprint density at radius 2 is 1.85 bits per heavy atom. The van der Waals surface area contributed by atoms with Gasteiger partial charge in [-0.05, 0) is 59.7 Å². The van der Waals surface area contributed by atoms with Crippen molar-refractivity contribution in [2.75, 3.05) is 7.05 Å². The van der Waals surface area contributed by atoms with Crippen LogP contribution in [0.1, 0.15) is 18.5 Å². The Hall–Kier alpha value is -1.46. The molecule has 2 nitrogen and oxygen atoms in total. The summed E-state index contributed by atoms with van der Waals surface area (Å²) in [6, 6.07) is 9.28. The lowest BCUT2D eigenvalue weighted by molar-refractivity contribution is 0.459. The van der Waals surface area contributed by atoms with Gasteiger partial charge in [-0.15, -0.1) is 0 Å². The Bertz CT molecular complexity index is 619. The molecule has 0 aromatic heterocycles. The van der Waals surface area contributed by atoms with Crippen molar-refractivity contribution in [2.24, 2.45) is 0 Å². The maximum absolute atomic E-state index is 13.1. The maximum Gasteiger partial charge on any atom is 0.162 e. The van der Waals surface area contributed by atoms with E-state index in [2.05, 4.69) is 21.2 Å². The fraction of sp³-hybridized carbons (Fsp3) is 0.200. The second-order valence-electron chi connectivity index (χ2n) is 4.38. The van der Waals surface area contributed by atoms with Crippen molar-refractivity contribution < 1.29 is 13.5 Å². The second kappa shape index (κ2) is 6.33. The fourth-order valence-corrected chi connectivity index (χ4v) is 2.18. The zero-order valence-corrected chi connectivity index (χ0v) is 12.7. The van der Waals surface area contributed by atoms with Crippen LogP contribution in [0.5, 0.6) is 11.5 Å². The lowest BCUT2D eigenvalue weighted by atomic mass is 10.1. The first-order valence-corrected chi connectivity index (χ1v) is 6.90. The first-order valence-electron chi connectivity index (χ1n) is 6.11. The predicted octanol–water partition coefficient (Wildman–Crippen LogP) is 4.80. The summed E-state index contributed by atoms with van der Waals surface area (Å²) >= 11 is 3.41. The molecular formula is C15H14BrF2NO. The van der Waals surface area contributed by atoms with Gasteiger partial charge in [0.2, 0.25) is 0 Å². The van der Waals surface area contributed by atoms with Crippen molar-refractivity contribution in [1.29, 1.82) is 0 Å². The number of benzene rings is 2. The first-order chi connectivity index (χ1) is 9.51. The average molecular weight is 342 g/mol. The van der Waals surface area contributed by atoms with Crippen LogP contribution in [0.2, 0.25) is 0 Å². The van der Waals surface area contributed by atoms with Crippen LogP contribution in [-0.2, 0) is 0 Å². The summed E-state index contributed by atoms with van der Waals surface area (Å²) < 4.78 is 32.3. The number of hydrogen-bond donors (Lipinski definition) is 1. The Morgan fingerprint density at radius 1 is 1.10 bits per heavy atom. The standard InChI is InChI=1S/C15H14BrF2NO/c1-9(19-2)10-3-6-15(12(16)7-10)20-11-4-5-13(17)14(18)8-11/h3-9,19H,1-2H3. The summed E-state index contributed by atoms with van der Waals surface area (Å²) in [7, 11) is 1.88. The highest BCUT2D eigenvalue weighted by atomic mass is 79.9. The number of nitrogens with one attached hydrogen (secondary N) is 1. The van der Waals surface area contributed by atoms with E-state index in [0.717, 1.165) is 22.2 Å². The van der Waals surface area contributed by atoms with Crippen molar-refractivity contribution in [3.05, 3.63) is 58.1 Å². The molecule has 0 amide bonds. The molecule has 1 atom stereocenters. The van der Waals surface area contributed by atoms with Crippen LogP contribution in [0.3, 0.4) is 0 Å². The van der Waals surface area contributed by atoms with Crippen molar-refractivity contribution in [2.45, 2.75) is 13.0 Å². The molecule has 0 heterocycles. The zero-order chi connectivity index (χ0) is 14.7. The minimum absolute atomic E-state index is 0.212. The Balaban J connectivity index is 2.23. The largest absolute Gasteiger partial charge is 0.456 e. The van der Waals surface area contributed by atoms with Gasteiger partial charge in [-0.3, -0.25) is 0 Å². The van der Waals surface area contributed by atoms with Crippen molar-refractivity contribution in [1.82, 2.24) is 5.32 Å². The quantitative estimate of drug-likeness (QED) is 0.862. The summed E-state index contributed by atoms with van der Waals surface area (Å²) in [5, 5.41) is 3.14. The van der Waals surface area contributed by atoms with E-state index in [1.165, 1.54) is 6.07 Å². The molecule has 0 radical (unpaired) electrons. The molecule has 0 aliphatic carbocycles. The second-order valence-corrected chi connectivity index (χ2v) is 5.23. The van der Waals surface area contributed by atoms with Gasteiger partial charge in [0.1, 0.15) is 11.5 Å². The minimum Gasteiger partial charge on any atom is -0.456 e. The molecule has 2 aromatic rings. The van der Waals surface area contributed by atoms with Crippen molar-refractivity contribution in [3.63, 3.8) is 0 Å². The lowest BCUT2D eigenvalue weighted by Gasteiger charge is -2.13. The zero-order valence-electron chi connectivity index (χ0n) is 11.1. The van der Waals surface area contributed by atoms with Crippen molar-refractivity contribution >= 4 is 15.9 Å². The van der Waals surface area contributed by atoms with E-state index in [1.807, 2.05) is 26.1 Å². The van der Waals surface area contributed by atoms with Crippen LogP contribution < -0.4 is 10.1 Å². The highest BCUT2D eigenvalue weighted by molar-refractivity contribution is 9.10. The Morgan fingerprint density at radius 3 is 2.45 bits per heavy atom. The summed E-state index contributed by atoms with van der Waals surface area (Å²) in [4.78, 5) is 0. The van der Waals surface area contributed by atoms with E-state index in [0.29, 0.717) is 5.75 Å². The van der Waals surface area contributed by atoms with Gasteiger partial charge < -0.3 is 10.1 Å². The lowest BCUT2D eigenvalue weighted by Crippen LogP contribution is -2.12. The van der Waals surface area contributed by atoms with E-state index in [-0.39, 0.29) is 11.8 Å². The molecule has 0 fully saturated rings. The Labute approximate surface area is 124 Å². The molecule has 5 heteroatoms. The molecule has 2 rings (SSSR count). The summed E-state index contributed by atoms with van der Waals surface area (Å²) in [5.41, 5.74) is 1.09. The molecular weight excluding hydrogens is 328 g/mol. The first kappa shape index (κ1) is 14.9. The van der Waals surface area contributed by atoms with Crippen LogP contribution in [0.15, 0.2) is 40.9 Å². The van der Waals surface area contributed by atoms with E-state index in [1.54, 1.807) is 6.07 Å². The van der Waals surface area contributed by atoms with Crippen LogP contribution in [0, 0.1) is 11.6 Å². The van der Waals surface area contributed by atoms with E-state index < -0.39 is 11.6 Å². The third-order valence-corrected chi connectivity index (χ3v) is 3.63. The normalized spacial score (nSPS) is 12.2. The van der Waals surface area contributed by atoms with Gasteiger partial charge in [0.05, 0.1) is 4.47 Å². The third-order valence-electron chi connectivity index (χ3n) is 3.01. The molecule has 0 spiro atoms. The van der Waals surface area contributed by atoms with E-state index in [4.69, 9.17) is 4.74 Å². The van der Waals surface area contributed by atoms with Crippen molar-refractivity contribution in [3.8, 4) is 11.5 Å². The molecule has 0 saturated carbocycles. The van der Waals surface area contributed by atoms with Gasteiger partial charge in [0.15, 0.2) is 11.6 Å². The fourth-order valence-electron chi connectivity index (χ4n) is 1.70. The molecule has 1 unspecified atom stereocenters. The molecule has 0 saturated heterocycles. The molecule has 1 N–H and O–H groups in total. The average Bonchev–Trinajstić information content (AvgIpc) is 2.44. The minimum atomic E-state index is -0.931. The topological polar surface area (TPSA) is 21.3 Å². The number of halogens is 3. The Kier molecular flexibility index (Phi) is 4.73. The predicted molar refractivity (Wildman–Crippen MR) is 78.0 cm³/mol. The summed E-state index contributed by atoms with van der Waals surface area (Å²) in [6.07, 6.45) is 0. The molecule has 0 aliphatic rings. The molecule has 106 valence electrons. The highest BCUT2D eigenvalue weighted by Crippen LogP contribution is 2.32.